The van der Waals surface area contributed by atoms with Crippen LogP contribution in [0.5, 0.6) is 0 Å². The van der Waals surface area contributed by atoms with E-state index in [0.29, 0.717) is 6.04 Å². The van der Waals surface area contributed by atoms with Crippen molar-refractivity contribution in [2.24, 2.45) is 5.73 Å². The molecule has 0 aromatic carbocycles. The van der Waals surface area contributed by atoms with E-state index in [1.807, 2.05) is 0 Å². The average Bonchev–Trinajstić information content (AvgIpc) is 3.21. The van der Waals surface area contributed by atoms with Gasteiger partial charge < -0.3 is 11.1 Å². The molecule has 0 spiro atoms. The maximum atomic E-state index is 6.39. The molecule has 19 heavy (non-hydrogen) atoms. The quantitative estimate of drug-likeness (QED) is 0.855. The molecule has 1 aliphatic heterocycles. The van der Waals surface area contributed by atoms with Gasteiger partial charge in [-0.25, -0.2) is 0 Å². The molecule has 0 amide bonds. The van der Waals surface area contributed by atoms with Gasteiger partial charge in [-0.15, -0.1) is 0 Å². The van der Waals surface area contributed by atoms with Crippen molar-refractivity contribution >= 4 is 0 Å². The molecule has 1 saturated heterocycles. The van der Waals surface area contributed by atoms with Crippen LogP contribution in [0.4, 0.5) is 0 Å². The van der Waals surface area contributed by atoms with E-state index in [1.54, 1.807) is 0 Å². The average molecular weight is 260 g/mol. The Morgan fingerprint density at radius 2 is 1.89 bits per heavy atom. The van der Waals surface area contributed by atoms with Gasteiger partial charge in [-0.05, 0) is 58.0 Å². The Balaban J connectivity index is 1.75. The number of hydrogen-bond acceptors (Lipinski definition) is 3. The van der Waals surface area contributed by atoms with Crippen LogP contribution in [0, 0.1) is 0 Å². The van der Waals surface area contributed by atoms with E-state index >= 15 is 0 Å². The molecule has 2 fully saturated rings. The molecule has 1 unspecified atom stereocenters. The summed E-state index contributed by atoms with van der Waals surface area (Å²) in [6.45, 7) is 2.26. The zero-order valence-corrected chi connectivity index (χ0v) is 11.6. The molecule has 3 aliphatic rings. The highest BCUT2D eigenvalue weighted by molar-refractivity contribution is 5.36. The van der Waals surface area contributed by atoms with Gasteiger partial charge in [0.05, 0.1) is 11.7 Å². The van der Waals surface area contributed by atoms with Gasteiger partial charge in [-0.3, -0.25) is 4.68 Å². The van der Waals surface area contributed by atoms with Crippen LogP contribution < -0.4 is 11.1 Å². The molecule has 1 saturated carbocycles. The highest BCUT2D eigenvalue weighted by Gasteiger charge is 2.36. The van der Waals surface area contributed by atoms with E-state index in [9.17, 15) is 0 Å². The van der Waals surface area contributed by atoms with Crippen molar-refractivity contribution in [3.63, 3.8) is 0 Å². The summed E-state index contributed by atoms with van der Waals surface area (Å²) in [5.41, 5.74) is 10.7. The number of piperidine rings is 1. The predicted molar refractivity (Wildman–Crippen MR) is 75.2 cm³/mol. The smallest absolute Gasteiger partial charge is 0.0706 e. The van der Waals surface area contributed by atoms with Crippen LogP contribution >= 0.6 is 0 Å². The molecule has 0 radical (unpaired) electrons. The first-order valence-corrected chi connectivity index (χ1v) is 7.92. The van der Waals surface area contributed by atoms with Crippen molar-refractivity contribution in [1.29, 1.82) is 0 Å². The Morgan fingerprint density at radius 1 is 1.11 bits per heavy atom. The Hall–Kier alpha value is -0.870. The van der Waals surface area contributed by atoms with Gasteiger partial charge in [0.1, 0.15) is 0 Å². The van der Waals surface area contributed by atoms with E-state index < -0.39 is 0 Å². The summed E-state index contributed by atoms with van der Waals surface area (Å²) in [7, 11) is 0. The summed E-state index contributed by atoms with van der Waals surface area (Å²) in [6, 6.07) is 0.850. The monoisotopic (exact) mass is 260 g/mol. The van der Waals surface area contributed by atoms with Crippen LogP contribution in [0.15, 0.2) is 0 Å². The SMILES string of the molecule is NC1CCCc2c1c(C1CC1)nn2C1CCNCC1. The van der Waals surface area contributed by atoms with Crippen LogP contribution in [0.2, 0.25) is 0 Å². The molecule has 104 valence electrons. The summed E-state index contributed by atoms with van der Waals surface area (Å²) < 4.78 is 2.38. The molecule has 4 rings (SSSR count). The van der Waals surface area contributed by atoms with Crippen molar-refractivity contribution in [3.05, 3.63) is 17.0 Å². The minimum Gasteiger partial charge on any atom is -0.324 e. The van der Waals surface area contributed by atoms with E-state index in [4.69, 9.17) is 10.8 Å². The van der Waals surface area contributed by atoms with Crippen LogP contribution in [0.1, 0.15) is 73.5 Å². The second kappa shape index (κ2) is 4.60. The van der Waals surface area contributed by atoms with Gasteiger partial charge in [0.15, 0.2) is 0 Å². The van der Waals surface area contributed by atoms with E-state index in [1.165, 1.54) is 55.5 Å². The molecule has 2 aliphatic carbocycles. The third kappa shape index (κ3) is 2.01. The first kappa shape index (κ1) is 11.9. The molecule has 4 heteroatoms. The molecule has 1 atom stereocenters. The maximum Gasteiger partial charge on any atom is 0.0706 e. The van der Waals surface area contributed by atoms with Gasteiger partial charge in [0.2, 0.25) is 0 Å². The number of nitrogens with one attached hydrogen (secondary N) is 1. The van der Waals surface area contributed by atoms with Gasteiger partial charge in [-0.2, -0.15) is 5.10 Å². The number of hydrogen-bond donors (Lipinski definition) is 2. The van der Waals surface area contributed by atoms with Crippen molar-refractivity contribution < 1.29 is 0 Å². The fraction of sp³-hybridized carbons (Fsp3) is 0.800. The summed E-state index contributed by atoms with van der Waals surface area (Å²) in [5.74, 6) is 0.723. The minimum absolute atomic E-state index is 0.245. The standard InChI is InChI=1S/C15H24N4/c16-12-2-1-3-13-14(12)15(10-4-5-10)18-19(13)11-6-8-17-9-7-11/h10-12,17H,1-9,16H2. The summed E-state index contributed by atoms with van der Waals surface area (Å²) in [6.07, 6.45) is 8.64. The van der Waals surface area contributed by atoms with Gasteiger partial charge in [-0.1, -0.05) is 0 Å². The fourth-order valence-electron chi connectivity index (χ4n) is 3.80. The number of aromatic nitrogens is 2. The third-order valence-corrected chi connectivity index (χ3v) is 5.00. The van der Waals surface area contributed by atoms with Crippen molar-refractivity contribution in [2.45, 2.75) is 62.9 Å². The molecule has 2 heterocycles. The van der Waals surface area contributed by atoms with Crippen LogP contribution in [-0.4, -0.2) is 22.9 Å². The largest absolute Gasteiger partial charge is 0.324 e. The zero-order valence-electron chi connectivity index (χ0n) is 11.6. The van der Waals surface area contributed by atoms with Crippen molar-refractivity contribution in [1.82, 2.24) is 15.1 Å². The fourth-order valence-corrected chi connectivity index (χ4v) is 3.80. The number of nitrogens with two attached hydrogens (primary N) is 1. The number of fused-ring (bicyclic) bond motifs is 1. The van der Waals surface area contributed by atoms with E-state index in [2.05, 4.69) is 10.00 Å². The maximum absolute atomic E-state index is 6.39. The molecule has 1 aromatic rings. The summed E-state index contributed by atoms with van der Waals surface area (Å²) in [5, 5.41) is 8.49. The van der Waals surface area contributed by atoms with Crippen LogP contribution in [-0.2, 0) is 6.42 Å². The van der Waals surface area contributed by atoms with Crippen molar-refractivity contribution in [3.8, 4) is 0 Å². The molecule has 3 N–H and O–H groups in total. The van der Waals surface area contributed by atoms with Crippen LogP contribution in [0.3, 0.4) is 0 Å². The molecule has 4 nitrogen and oxygen atoms in total. The minimum atomic E-state index is 0.245. The second-order valence-electron chi connectivity index (χ2n) is 6.44. The summed E-state index contributed by atoms with van der Waals surface area (Å²) in [4.78, 5) is 0. The Labute approximate surface area is 114 Å². The normalized spacial score (nSPS) is 28.4. The first-order valence-electron chi connectivity index (χ1n) is 7.92. The lowest BCUT2D eigenvalue weighted by atomic mass is 9.90. The highest BCUT2D eigenvalue weighted by atomic mass is 15.3. The van der Waals surface area contributed by atoms with E-state index in [0.717, 1.165) is 25.4 Å². The van der Waals surface area contributed by atoms with Gasteiger partial charge in [0, 0.05) is 23.2 Å². The van der Waals surface area contributed by atoms with Crippen LogP contribution in [0.25, 0.3) is 0 Å². The van der Waals surface area contributed by atoms with Gasteiger partial charge >= 0.3 is 0 Å². The highest BCUT2D eigenvalue weighted by Crippen LogP contribution is 2.45. The van der Waals surface area contributed by atoms with Crippen molar-refractivity contribution in [2.75, 3.05) is 13.1 Å². The lowest BCUT2D eigenvalue weighted by Gasteiger charge is -2.27. The first-order chi connectivity index (χ1) is 9.34. The Bertz CT molecular complexity index is 469. The Morgan fingerprint density at radius 3 is 2.63 bits per heavy atom. The predicted octanol–water partition coefficient (Wildman–Crippen LogP) is 2.02. The molecule has 1 aromatic heterocycles. The third-order valence-electron chi connectivity index (χ3n) is 5.00. The topological polar surface area (TPSA) is 55.9 Å². The molecule has 0 bridgehead atoms. The lowest BCUT2D eigenvalue weighted by Crippen LogP contribution is -2.31. The lowest BCUT2D eigenvalue weighted by molar-refractivity contribution is 0.330. The summed E-state index contributed by atoms with van der Waals surface area (Å²) >= 11 is 0. The molecular weight excluding hydrogens is 236 g/mol. The molecular formula is C15H24N4. The van der Waals surface area contributed by atoms with E-state index in [-0.39, 0.29) is 6.04 Å². The zero-order chi connectivity index (χ0) is 12.8. The number of rotatable bonds is 2. The Kier molecular flexibility index (Phi) is 2.88. The number of nitrogens with zero attached hydrogens (tertiary/aromatic N) is 2. The van der Waals surface area contributed by atoms with Gasteiger partial charge in [0.25, 0.3) is 0 Å². The second-order valence-corrected chi connectivity index (χ2v) is 6.44.